The number of nitrogens with zero attached hydrogens (tertiary/aromatic N) is 3. The standard InChI is InChI=1S/C23H18Cl2N4O/c1-14-5-3-8-19(11-14)26-23(30)21-27-22(16-6-4-7-17(24)12-16)29(28-21)20-13-18(25)10-9-15(20)2/h3-13H,1-2H3,(H,26,30). The van der Waals surface area contributed by atoms with Crippen LogP contribution in [0.25, 0.3) is 17.1 Å². The first kappa shape index (κ1) is 20.1. The van der Waals surface area contributed by atoms with Crippen molar-refractivity contribution in [2.24, 2.45) is 0 Å². The molecule has 150 valence electrons. The highest BCUT2D eigenvalue weighted by Gasteiger charge is 2.20. The summed E-state index contributed by atoms with van der Waals surface area (Å²) in [5.74, 6) is 0.144. The molecule has 4 aromatic rings. The van der Waals surface area contributed by atoms with Gasteiger partial charge in [0.05, 0.1) is 5.69 Å². The van der Waals surface area contributed by atoms with Crippen LogP contribution in [0.1, 0.15) is 21.7 Å². The summed E-state index contributed by atoms with van der Waals surface area (Å²) in [6.45, 7) is 3.91. The van der Waals surface area contributed by atoms with Crippen LogP contribution in [0, 0.1) is 13.8 Å². The average molecular weight is 437 g/mol. The third-order valence-electron chi connectivity index (χ3n) is 4.57. The molecule has 0 radical (unpaired) electrons. The van der Waals surface area contributed by atoms with Gasteiger partial charge in [-0.15, -0.1) is 5.10 Å². The van der Waals surface area contributed by atoms with Crippen LogP contribution < -0.4 is 5.32 Å². The van der Waals surface area contributed by atoms with Crippen LogP contribution in [-0.4, -0.2) is 20.7 Å². The second kappa shape index (κ2) is 8.30. The second-order valence-corrected chi connectivity index (χ2v) is 7.81. The van der Waals surface area contributed by atoms with Crippen LogP contribution in [0.2, 0.25) is 10.0 Å². The summed E-state index contributed by atoms with van der Waals surface area (Å²) in [6.07, 6.45) is 0. The van der Waals surface area contributed by atoms with E-state index in [0.29, 0.717) is 21.6 Å². The van der Waals surface area contributed by atoms with Gasteiger partial charge in [0, 0.05) is 21.3 Å². The topological polar surface area (TPSA) is 59.8 Å². The fraction of sp³-hybridized carbons (Fsp3) is 0.0870. The number of rotatable bonds is 4. The van der Waals surface area contributed by atoms with Crippen molar-refractivity contribution < 1.29 is 4.79 Å². The molecule has 0 bridgehead atoms. The first-order valence-corrected chi connectivity index (χ1v) is 10.0. The summed E-state index contributed by atoms with van der Waals surface area (Å²) in [7, 11) is 0. The molecule has 0 aliphatic heterocycles. The summed E-state index contributed by atoms with van der Waals surface area (Å²) in [6, 6.07) is 20.3. The van der Waals surface area contributed by atoms with Gasteiger partial charge in [0.15, 0.2) is 5.82 Å². The maximum atomic E-state index is 12.9. The number of halogens is 2. The van der Waals surface area contributed by atoms with Crippen molar-refractivity contribution >= 4 is 34.8 Å². The molecule has 4 rings (SSSR count). The summed E-state index contributed by atoms with van der Waals surface area (Å²) in [4.78, 5) is 17.4. The molecular formula is C23H18Cl2N4O. The molecule has 0 aliphatic carbocycles. The Balaban J connectivity index is 1.81. The van der Waals surface area contributed by atoms with E-state index >= 15 is 0 Å². The van der Waals surface area contributed by atoms with Gasteiger partial charge in [-0.2, -0.15) is 0 Å². The van der Waals surface area contributed by atoms with E-state index in [-0.39, 0.29) is 5.82 Å². The van der Waals surface area contributed by atoms with Gasteiger partial charge in [0.2, 0.25) is 5.82 Å². The molecule has 1 amide bonds. The summed E-state index contributed by atoms with van der Waals surface area (Å²) in [5, 5.41) is 8.48. The zero-order chi connectivity index (χ0) is 21.3. The summed E-state index contributed by atoms with van der Waals surface area (Å²) >= 11 is 12.4. The quantitative estimate of drug-likeness (QED) is 0.419. The third kappa shape index (κ3) is 4.22. The fourth-order valence-electron chi connectivity index (χ4n) is 3.11. The zero-order valence-electron chi connectivity index (χ0n) is 16.4. The first-order chi connectivity index (χ1) is 14.4. The molecule has 0 atom stereocenters. The normalized spacial score (nSPS) is 10.8. The van der Waals surface area contributed by atoms with Gasteiger partial charge < -0.3 is 5.32 Å². The number of aromatic nitrogens is 3. The van der Waals surface area contributed by atoms with E-state index in [0.717, 1.165) is 22.4 Å². The van der Waals surface area contributed by atoms with Gasteiger partial charge in [0.25, 0.3) is 5.91 Å². The average Bonchev–Trinajstić information content (AvgIpc) is 3.15. The highest BCUT2D eigenvalue weighted by Crippen LogP contribution is 2.27. The van der Waals surface area contributed by atoms with Gasteiger partial charge in [-0.1, -0.05) is 53.5 Å². The van der Waals surface area contributed by atoms with Gasteiger partial charge in [0.1, 0.15) is 0 Å². The molecule has 1 heterocycles. The van der Waals surface area contributed by atoms with E-state index in [2.05, 4.69) is 15.4 Å². The fourth-order valence-corrected chi connectivity index (χ4v) is 3.47. The Morgan fingerprint density at radius 1 is 0.933 bits per heavy atom. The van der Waals surface area contributed by atoms with Crippen molar-refractivity contribution in [3.05, 3.63) is 93.7 Å². The monoisotopic (exact) mass is 436 g/mol. The SMILES string of the molecule is Cc1cccc(NC(=O)c2nc(-c3cccc(Cl)c3)n(-c3cc(Cl)ccc3C)n2)c1. The molecule has 0 saturated carbocycles. The molecule has 0 spiro atoms. The molecule has 30 heavy (non-hydrogen) atoms. The van der Waals surface area contributed by atoms with E-state index in [4.69, 9.17) is 23.2 Å². The van der Waals surface area contributed by atoms with Gasteiger partial charge in [-0.05, 0) is 61.4 Å². The smallest absolute Gasteiger partial charge is 0.295 e. The minimum absolute atomic E-state index is 0.0471. The lowest BCUT2D eigenvalue weighted by Crippen LogP contribution is -2.14. The second-order valence-electron chi connectivity index (χ2n) is 6.94. The Morgan fingerprint density at radius 3 is 2.47 bits per heavy atom. The molecule has 1 aromatic heterocycles. The van der Waals surface area contributed by atoms with Crippen molar-refractivity contribution in [1.82, 2.24) is 14.8 Å². The van der Waals surface area contributed by atoms with E-state index in [9.17, 15) is 4.79 Å². The van der Waals surface area contributed by atoms with Crippen molar-refractivity contribution in [3.63, 3.8) is 0 Å². The van der Waals surface area contributed by atoms with E-state index in [1.54, 1.807) is 22.9 Å². The third-order valence-corrected chi connectivity index (χ3v) is 5.04. The van der Waals surface area contributed by atoms with Crippen molar-refractivity contribution in [3.8, 4) is 17.1 Å². The number of nitrogens with one attached hydrogen (secondary N) is 1. The Kier molecular flexibility index (Phi) is 5.57. The summed E-state index contributed by atoms with van der Waals surface area (Å²) in [5.41, 5.74) is 4.14. The van der Waals surface area contributed by atoms with Gasteiger partial charge >= 0.3 is 0 Å². The minimum Gasteiger partial charge on any atom is -0.319 e. The minimum atomic E-state index is -0.401. The molecular weight excluding hydrogens is 419 g/mol. The van der Waals surface area contributed by atoms with Crippen molar-refractivity contribution in [2.45, 2.75) is 13.8 Å². The Bertz CT molecular complexity index is 1250. The largest absolute Gasteiger partial charge is 0.319 e. The van der Waals surface area contributed by atoms with Crippen molar-refractivity contribution in [2.75, 3.05) is 5.32 Å². The molecule has 0 fully saturated rings. The Morgan fingerprint density at radius 2 is 1.70 bits per heavy atom. The van der Waals surface area contributed by atoms with Crippen molar-refractivity contribution in [1.29, 1.82) is 0 Å². The predicted octanol–water partition coefficient (Wildman–Crippen LogP) is 6.11. The molecule has 0 saturated heterocycles. The highest BCUT2D eigenvalue weighted by atomic mass is 35.5. The Labute approximate surface area is 184 Å². The van der Waals surface area contributed by atoms with Crippen LogP contribution in [0.4, 0.5) is 5.69 Å². The molecule has 1 N–H and O–H groups in total. The van der Waals surface area contributed by atoms with E-state index in [1.165, 1.54) is 0 Å². The van der Waals surface area contributed by atoms with Crippen LogP contribution in [0.15, 0.2) is 66.7 Å². The number of amides is 1. The van der Waals surface area contributed by atoms with Crippen LogP contribution >= 0.6 is 23.2 Å². The molecule has 0 unspecified atom stereocenters. The zero-order valence-corrected chi connectivity index (χ0v) is 17.9. The molecule has 3 aromatic carbocycles. The lowest BCUT2D eigenvalue weighted by atomic mass is 10.2. The predicted molar refractivity (Wildman–Crippen MR) is 121 cm³/mol. The number of carbonyl (C=O) groups is 1. The van der Waals surface area contributed by atoms with E-state index in [1.807, 2.05) is 62.4 Å². The number of hydrogen-bond donors (Lipinski definition) is 1. The highest BCUT2D eigenvalue weighted by molar-refractivity contribution is 6.31. The molecule has 0 aliphatic rings. The van der Waals surface area contributed by atoms with Gasteiger partial charge in [-0.3, -0.25) is 4.79 Å². The van der Waals surface area contributed by atoms with E-state index < -0.39 is 5.91 Å². The molecule has 7 heteroatoms. The summed E-state index contributed by atoms with van der Waals surface area (Å²) < 4.78 is 1.62. The maximum Gasteiger partial charge on any atom is 0.295 e. The molecule has 5 nitrogen and oxygen atoms in total. The maximum absolute atomic E-state index is 12.9. The lowest BCUT2D eigenvalue weighted by molar-refractivity contribution is 0.101. The number of anilines is 1. The number of benzene rings is 3. The van der Waals surface area contributed by atoms with Gasteiger partial charge in [-0.25, -0.2) is 9.67 Å². The lowest BCUT2D eigenvalue weighted by Gasteiger charge is -2.09. The first-order valence-electron chi connectivity index (χ1n) is 9.28. The number of carbonyl (C=O) groups excluding carboxylic acids is 1. The number of aryl methyl sites for hydroxylation is 2. The Hall–Kier alpha value is -3.15. The van der Waals surface area contributed by atoms with Crippen LogP contribution in [0.3, 0.4) is 0 Å². The van der Waals surface area contributed by atoms with Crippen LogP contribution in [-0.2, 0) is 0 Å². The van der Waals surface area contributed by atoms with Crippen LogP contribution in [0.5, 0.6) is 0 Å². The number of hydrogen-bond acceptors (Lipinski definition) is 3.